The first-order chi connectivity index (χ1) is 26.3. The Morgan fingerprint density at radius 1 is 0.648 bits per heavy atom. The van der Waals surface area contributed by atoms with Crippen LogP contribution in [0.1, 0.15) is 80.7 Å². The normalized spacial score (nSPS) is 20.3. The summed E-state index contributed by atoms with van der Waals surface area (Å²) < 4.78 is 12.6. The van der Waals surface area contributed by atoms with E-state index >= 15 is 0 Å². The molecule has 54 heavy (non-hydrogen) atoms. The smallest absolute Gasteiger partial charge is 0.246 e. The molecule has 4 aromatic rings. The number of rotatable bonds is 8. The maximum Gasteiger partial charge on any atom is 0.246 e. The zero-order chi connectivity index (χ0) is 37.6. The number of carbonyl (C=O) groups excluding carboxylic acids is 2. The third-order valence-corrected chi connectivity index (χ3v) is 13.9. The molecule has 0 unspecified atom stereocenters. The maximum atomic E-state index is 12.3. The fourth-order valence-corrected chi connectivity index (χ4v) is 11.3. The lowest BCUT2D eigenvalue weighted by molar-refractivity contribution is -0.127. The van der Waals surface area contributed by atoms with Gasteiger partial charge in [-0.25, -0.2) is 0 Å². The predicted octanol–water partition coefficient (Wildman–Crippen LogP) is 10.1. The number of benzene rings is 2. The summed E-state index contributed by atoms with van der Waals surface area (Å²) in [7, 11) is 0. The largest absolute Gasteiger partial charge is 0.381 e. The first kappa shape index (κ1) is 39.0. The predicted molar refractivity (Wildman–Crippen MR) is 221 cm³/mol. The van der Waals surface area contributed by atoms with Gasteiger partial charge in [0.1, 0.15) is 0 Å². The molecule has 2 amide bonds. The van der Waals surface area contributed by atoms with Gasteiger partial charge < -0.3 is 19.3 Å². The second kappa shape index (κ2) is 18.1. The van der Waals surface area contributed by atoms with Gasteiger partial charge in [0, 0.05) is 61.1 Å². The summed E-state index contributed by atoms with van der Waals surface area (Å²) in [6, 6.07) is 21.5. The average molecular weight is 804 g/mol. The number of carbonyl (C=O) groups is 2. The van der Waals surface area contributed by atoms with Gasteiger partial charge in [0.05, 0.1) is 21.8 Å². The maximum absolute atomic E-state index is 12.3. The van der Waals surface area contributed by atoms with Gasteiger partial charge in [-0.1, -0.05) is 84.9 Å². The van der Waals surface area contributed by atoms with Crippen LogP contribution in [0.4, 0.5) is 0 Å². The van der Waals surface area contributed by atoms with Crippen molar-refractivity contribution in [3.05, 3.63) is 138 Å². The minimum absolute atomic E-state index is 0.0166. The van der Waals surface area contributed by atoms with Crippen LogP contribution in [-0.4, -0.2) is 61.1 Å². The van der Waals surface area contributed by atoms with Crippen molar-refractivity contribution in [1.29, 1.82) is 0 Å². The molecule has 2 atom stereocenters. The van der Waals surface area contributed by atoms with Crippen LogP contribution in [0.3, 0.4) is 0 Å². The lowest BCUT2D eigenvalue weighted by atomic mass is 9.82. The van der Waals surface area contributed by atoms with Crippen LogP contribution >= 0.6 is 45.9 Å². The molecule has 0 radical (unpaired) electrons. The van der Waals surface area contributed by atoms with E-state index in [2.05, 4.69) is 73.8 Å². The van der Waals surface area contributed by atoms with Crippen LogP contribution in [0, 0.1) is 11.8 Å². The molecule has 0 bridgehead atoms. The Morgan fingerprint density at radius 3 is 1.43 bits per heavy atom. The molecule has 2 aromatic heterocycles. The van der Waals surface area contributed by atoms with Gasteiger partial charge in [0.2, 0.25) is 11.8 Å². The first-order valence-corrected chi connectivity index (χ1v) is 21.4. The number of nitrogens with zero attached hydrogens (tertiary/aromatic N) is 2. The van der Waals surface area contributed by atoms with Crippen LogP contribution in [0.5, 0.6) is 0 Å². The topological polar surface area (TPSA) is 59.1 Å². The molecule has 0 spiro atoms. The Bertz CT molecular complexity index is 1820. The number of halogens is 2. The molecule has 4 aliphatic rings. The Kier molecular flexibility index (Phi) is 13.1. The number of hydrogen-bond donors (Lipinski definition) is 0. The Balaban J connectivity index is 0.000000167. The summed E-state index contributed by atoms with van der Waals surface area (Å²) >= 11 is 15.8. The molecule has 284 valence electrons. The SMILES string of the molecule is C=CC(=O)N1Cc2sc(Cl)cc2[C@@H](c2ccccc2CC2CCOCC2)C1.C=CC(=O)N1Cc2sc(Cl)cc2[C@H](c2ccccc2CC2CCOCC2)C1. The van der Waals surface area contributed by atoms with E-state index in [1.807, 2.05) is 9.80 Å². The van der Waals surface area contributed by atoms with Crippen molar-refractivity contribution in [1.82, 2.24) is 9.80 Å². The molecule has 2 fully saturated rings. The zero-order valence-electron chi connectivity index (χ0n) is 30.7. The summed E-state index contributed by atoms with van der Waals surface area (Å²) in [4.78, 5) is 30.8. The molecule has 8 rings (SSSR count). The van der Waals surface area contributed by atoms with Crippen molar-refractivity contribution in [3.63, 3.8) is 0 Å². The fourth-order valence-electron chi connectivity index (χ4n) is 8.54. The van der Waals surface area contributed by atoms with Crippen LogP contribution in [0.2, 0.25) is 8.67 Å². The Morgan fingerprint density at radius 2 is 1.04 bits per heavy atom. The van der Waals surface area contributed by atoms with E-state index in [-0.39, 0.29) is 23.7 Å². The highest BCUT2D eigenvalue weighted by Gasteiger charge is 2.33. The van der Waals surface area contributed by atoms with Gasteiger partial charge in [-0.05, 0) is 108 Å². The lowest BCUT2D eigenvalue weighted by Gasteiger charge is -2.34. The van der Waals surface area contributed by atoms with Crippen molar-refractivity contribution in [2.75, 3.05) is 39.5 Å². The number of fused-ring (bicyclic) bond motifs is 2. The van der Waals surface area contributed by atoms with E-state index in [0.29, 0.717) is 38.0 Å². The third kappa shape index (κ3) is 9.07. The molecule has 0 N–H and O–H groups in total. The van der Waals surface area contributed by atoms with Crippen molar-refractivity contribution < 1.29 is 19.1 Å². The fraction of sp³-hybridized carbons (Fsp3) is 0.409. The molecular weight excluding hydrogens is 756 g/mol. The summed E-state index contributed by atoms with van der Waals surface area (Å²) in [6.07, 6.45) is 9.43. The quantitative estimate of drug-likeness (QED) is 0.167. The minimum Gasteiger partial charge on any atom is -0.381 e. The molecule has 6 heterocycles. The minimum atomic E-state index is -0.0166. The highest BCUT2D eigenvalue weighted by Crippen LogP contribution is 2.43. The highest BCUT2D eigenvalue weighted by atomic mass is 35.5. The van der Waals surface area contributed by atoms with Crippen LogP contribution in [-0.2, 0) is 45.0 Å². The van der Waals surface area contributed by atoms with Crippen molar-refractivity contribution in [2.45, 2.75) is 63.5 Å². The summed E-state index contributed by atoms with van der Waals surface area (Å²) in [6.45, 7) is 13.4. The monoisotopic (exact) mass is 802 g/mol. The molecule has 10 heteroatoms. The molecule has 0 saturated carbocycles. The van der Waals surface area contributed by atoms with Crippen LogP contribution in [0.15, 0.2) is 86.0 Å². The lowest BCUT2D eigenvalue weighted by Crippen LogP contribution is -2.37. The Hall–Kier alpha value is -3.24. The van der Waals surface area contributed by atoms with E-state index in [9.17, 15) is 9.59 Å². The molecule has 6 nitrogen and oxygen atoms in total. The molecule has 2 saturated heterocycles. The van der Waals surface area contributed by atoms with Gasteiger partial charge in [-0.2, -0.15) is 0 Å². The van der Waals surface area contributed by atoms with E-state index in [0.717, 1.165) is 73.6 Å². The van der Waals surface area contributed by atoms with Gasteiger partial charge >= 0.3 is 0 Å². The van der Waals surface area contributed by atoms with Crippen LogP contribution < -0.4 is 0 Å². The third-order valence-electron chi connectivity index (χ3n) is 11.4. The average Bonchev–Trinajstić information content (AvgIpc) is 3.78. The standard InChI is InChI=1S/2C22H24ClNO2S/c2*1-2-22(25)24-13-19(18-12-21(23)27-20(18)14-24)17-6-4-3-5-16(17)11-15-7-9-26-10-8-15/h2*2-6,12,15,19H,1,7-11,13-14H2/t2*19-/m10/s1. The number of amides is 2. The van der Waals surface area contributed by atoms with Gasteiger partial charge in [0.25, 0.3) is 0 Å². The molecule has 0 aliphatic carbocycles. The molecular formula is C44H48Cl2N2O4S2. The zero-order valence-corrected chi connectivity index (χ0v) is 33.8. The number of hydrogen-bond acceptors (Lipinski definition) is 6. The molecule has 2 aromatic carbocycles. The second-order valence-electron chi connectivity index (χ2n) is 14.7. The first-order valence-electron chi connectivity index (χ1n) is 19.0. The Labute approximate surface area is 337 Å². The van der Waals surface area contributed by atoms with Gasteiger partial charge in [-0.3, -0.25) is 9.59 Å². The van der Waals surface area contributed by atoms with Gasteiger partial charge in [-0.15, -0.1) is 22.7 Å². The number of ether oxygens (including phenoxy) is 2. The van der Waals surface area contributed by atoms with Gasteiger partial charge in [0.15, 0.2) is 0 Å². The van der Waals surface area contributed by atoms with Crippen molar-refractivity contribution in [3.8, 4) is 0 Å². The summed E-state index contributed by atoms with van der Waals surface area (Å²) in [5.74, 6) is 1.63. The van der Waals surface area contributed by atoms with Crippen molar-refractivity contribution >= 4 is 57.7 Å². The second-order valence-corrected chi connectivity index (χ2v) is 18.3. The highest BCUT2D eigenvalue weighted by molar-refractivity contribution is 7.16. The summed E-state index contributed by atoms with van der Waals surface area (Å²) in [5, 5.41) is 0. The van der Waals surface area contributed by atoms with Crippen molar-refractivity contribution in [2.24, 2.45) is 11.8 Å². The molecule has 4 aliphatic heterocycles. The van der Waals surface area contributed by atoms with E-state index in [1.165, 1.54) is 55.3 Å². The van der Waals surface area contributed by atoms with E-state index < -0.39 is 0 Å². The number of thiophene rings is 2. The van der Waals surface area contributed by atoms with Crippen LogP contribution in [0.25, 0.3) is 0 Å². The van der Waals surface area contributed by atoms with E-state index in [1.54, 1.807) is 22.7 Å². The summed E-state index contributed by atoms with van der Waals surface area (Å²) in [5.41, 5.74) is 7.96. The van der Waals surface area contributed by atoms with E-state index in [4.69, 9.17) is 32.7 Å².